The number of ether oxygens (including phenoxy) is 2. The molecule has 1 aromatic heterocycles. The zero-order valence-corrected chi connectivity index (χ0v) is 16.5. The van der Waals surface area contributed by atoms with Crippen molar-refractivity contribution >= 4 is 44.3 Å². The zero-order valence-electron chi connectivity index (χ0n) is 14.1. The van der Waals surface area contributed by atoms with E-state index in [9.17, 15) is 9.59 Å². The van der Waals surface area contributed by atoms with Crippen molar-refractivity contribution in [3.63, 3.8) is 0 Å². The lowest BCUT2D eigenvalue weighted by atomic mass is 10.1. The molecule has 2 aromatic carbocycles. The molecule has 0 unspecified atom stereocenters. The molecule has 8 heteroatoms. The van der Waals surface area contributed by atoms with Crippen molar-refractivity contribution in [1.82, 2.24) is 4.98 Å². The number of thiazole rings is 1. The Morgan fingerprint density at radius 3 is 2.52 bits per heavy atom. The molecular formula is C19H15BrN2O4S. The van der Waals surface area contributed by atoms with Gasteiger partial charge in [0.25, 0.3) is 5.91 Å². The fourth-order valence-corrected chi connectivity index (χ4v) is 3.36. The van der Waals surface area contributed by atoms with Gasteiger partial charge in [0.15, 0.2) is 18.3 Å². The molecule has 27 heavy (non-hydrogen) atoms. The van der Waals surface area contributed by atoms with Gasteiger partial charge in [-0.1, -0.05) is 59.9 Å². The topological polar surface area (TPSA) is 77.5 Å². The smallest absolute Gasteiger partial charge is 0.344 e. The number of carbonyl (C=O) groups excluding carboxylic acids is 2. The van der Waals surface area contributed by atoms with Gasteiger partial charge in [-0.25, -0.2) is 9.78 Å². The number of nitrogens with zero attached hydrogens (tertiary/aromatic N) is 1. The molecule has 0 saturated heterocycles. The van der Waals surface area contributed by atoms with Crippen molar-refractivity contribution < 1.29 is 19.1 Å². The molecule has 3 rings (SSSR count). The van der Waals surface area contributed by atoms with Crippen LogP contribution in [0.1, 0.15) is 0 Å². The number of para-hydroxylation sites is 1. The molecule has 0 saturated carbocycles. The van der Waals surface area contributed by atoms with Gasteiger partial charge in [-0.2, -0.15) is 0 Å². The summed E-state index contributed by atoms with van der Waals surface area (Å²) in [6, 6.07) is 17.1. The van der Waals surface area contributed by atoms with Gasteiger partial charge in [0.1, 0.15) is 5.75 Å². The first-order valence-electron chi connectivity index (χ1n) is 7.96. The Balaban J connectivity index is 1.50. The second-order valence-corrected chi connectivity index (χ2v) is 7.74. The molecule has 3 aromatic rings. The molecule has 0 atom stereocenters. The van der Waals surface area contributed by atoms with Crippen molar-refractivity contribution in [3.05, 3.63) is 64.6 Å². The molecule has 1 heterocycles. The molecule has 0 aliphatic rings. The Bertz CT molecular complexity index is 930. The molecule has 0 fully saturated rings. The molecule has 1 N–H and O–H groups in total. The number of rotatable bonds is 7. The quantitative estimate of drug-likeness (QED) is 0.551. The van der Waals surface area contributed by atoms with Gasteiger partial charge in [0, 0.05) is 5.56 Å². The number of nitrogens with one attached hydrogen (secondary N) is 1. The molecule has 0 radical (unpaired) electrons. The minimum Gasteiger partial charge on any atom is -0.481 e. The van der Waals surface area contributed by atoms with Crippen LogP contribution in [0.15, 0.2) is 64.6 Å². The lowest BCUT2D eigenvalue weighted by molar-refractivity contribution is -0.149. The van der Waals surface area contributed by atoms with E-state index in [1.165, 1.54) is 11.3 Å². The predicted molar refractivity (Wildman–Crippen MR) is 107 cm³/mol. The Labute approximate surface area is 168 Å². The van der Waals surface area contributed by atoms with Crippen molar-refractivity contribution in [2.45, 2.75) is 0 Å². The van der Waals surface area contributed by atoms with Crippen LogP contribution < -0.4 is 10.1 Å². The van der Waals surface area contributed by atoms with Gasteiger partial charge in [0.2, 0.25) is 0 Å². The van der Waals surface area contributed by atoms with Gasteiger partial charge in [-0.15, -0.1) is 0 Å². The summed E-state index contributed by atoms with van der Waals surface area (Å²) in [6.07, 6.45) is 1.57. The Morgan fingerprint density at radius 2 is 1.78 bits per heavy atom. The number of hydrogen-bond acceptors (Lipinski definition) is 6. The Kier molecular flexibility index (Phi) is 6.56. The van der Waals surface area contributed by atoms with E-state index in [0.29, 0.717) is 10.9 Å². The largest absolute Gasteiger partial charge is 0.481 e. The average Bonchev–Trinajstić information content (AvgIpc) is 3.10. The molecule has 0 bridgehead atoms. The molecule has 0 aliphatic heterocycles. The lowest BCUT2D eigenvalue weighted by Gasteiger charge is -2.11. The molecular weight excluding hydrogens is 432 g/mol. The standard InChI is InChI=1S/C19H15BrN2O4S/c20-16-10-21-19(27-16)22-17(23)11-26-18(24)12-25-15-9-5-4-8-14(15)13-6-2-1-3-7-13/h1-10H,11-12H2,(H,21,22,23). The van der Waals surface area contributed by atoms with E-state index in [1.54, 1.807) is 12.3 Å². The van der Waals surface area contributed by atoms with Crippen LogP contribution in [0.5, 0.6) is 5.75 Å². The number of amides is 1. The second-order valence-electron chi connectivity index (χ2n) is 5.33. The van der Waals surface area contributed by atoms with Crippen LogP contribution in [0.25, 0.3) is 11.1 Å². The number of anilines is 1. The first-order valence-corrected chi connectivity index (χ1v) is 9.57. The Hall–Kier alpha value is -2.71. The third-order valence-electron chi connectivity index (χ3n) is 3.41. The first-order chi connectivity index (χ1) is 13.1. The van der Waals surface area contributed by atoms with E-state index in [2.05, 4.69) is 26.2 Å². The minimum absolute atomic E-state index is 0.292. The van der Waals surface area contributed by atoms with E-state index in [-0.39, 0.29) is 6.61 Å². The SMILES string of the molecule is O=C(COC(=O)COc1ccccc1-c1ccccc1)Nc1ncc(Br)s1. The number of hydrogen-bond donors (Lipinski definition) is 1. The molecule has 6 nitrogen and oxygen atoms in total. The summed E-state index contributed by atoms with van der Waals surface area (Å²) in [5, 5.41) is 2.97. The number of carbonyl (C=O) groups is 2. The van der Waals surface area contributed by atoms with Crippen molar-refractivity contribution in [3.8, 4) is 16.9 Å². The molecule has 0 spiro atoms. The van der Waals surface area contributed by atoms with Crippen LogP contribution in [-0.4, -0.2) is 30.1 Å². The van der Waals surface area contributed by atoms with Crippen molar-refractivity contribution in [1.29, 1.82) is 0 Å². The fourth-order valence-electron chi connectivity index (χ4n) is 2.24. The van der Waals surface area contributed by atoms with Gasteiger partial charge in [0.05, 0.1) is 9.98 Å². The number of esters is 1. The fraction of sp³-hybridized carbons (Fsp3) is 0.105. The van der Waals surface area contributed by atoms with Crippen molar-refractivity contribution in [2.24, 2.45) is 0 Å². The molecule has 0 aliphatic carbocycles. The van der Waals surface area contributed by atoms with Gasteiger partial charge >= 0.3 is 5.97 Å². The van der Waals surface area contributed by atoms with Crippen LogP contribution in [0.2, 0.25) is 0 Å². The van der Waals surface area contributed by atoms with Crippen molar-refractivity contribution in [2.75, 3.05) is 18.5 Å². The van der Waals surface area contributed by atoms with Gasteiger partial charge in [-0.3, -0.25) is 10.1 Å². The van der Waals surface area contributed by atoms with E-state index < -0.39 is 18.5 Å². The highest BCUT2D eigenvalue weighted by Gasteiger charge is 2.12. The summed E-state index contributed by atoms with van der Waals surface area (Å²) in [5.41, 5.74) is 1.86. The highest BCUT2D eigenvalue weighted by atomic mass is 79.9. The first kappa shape index (κ1) is 19.1. The monoisotopic (exact) mass is 446 g/mol. The normalized spacial score (nSPS) is 10.3. The number of aromatic nitrogens is 1. The van der Waals surface area contributed by atoms with Crippen LogP contribution in [0, 0.1) is 0 Å². The predicted octanol–water partition coefficient (Wildman–Crippen LogP) is 4.13. The maximum atomic E-state index is 11.9. The van der Waals surface area contributed by atoms with E-state index >= 15 is 0 Å². The molecule has 1 amide bonds. The van der Waals surface area contributed by atoms with Crippen LogP contribution in [0.3, 0.4) is 0 Å². The van der Waals surface area contributed by atoms with E-state index in [1.807, 2.05) is 48.5 Å². The summed E-state index contributed by atoms with van der Waals surface area (Å²) in [4.78, 5) is 27.6. The number of halogens is 1. The second kappa shape index (κ2) is 9.29. The summed E-state index contributed by atoms with van der Waals surface area (Å²) in [6.45, 7) is -0.695. The van der Waals surface area contributed by atoms with Gasteiger partial charge < -0.3 is 9.47 Å². The van der Waals surface area contributed by atoms with Crippen LogP contribution in [-0.2, 0) is 14.3 Å². The molecule has 138 valence electrons. The van der Waals surface area contributed by atoms with Crippen LogP contribution in [0.4, 0.5) is 5.13 Å². The lowest BCUT2D eigenvalue weighted by Crippen LogP contribution is -2.23. The Morgan fingerprint density at radius 1 is 1.04 bits per heavy atom. The minimum atomic E-state index is -0.631. The summed E-state index contributed by atoms with van der Waals surface area (Å²) < 4.78 is 11.3. The summed E-state index contributed by atoms with van der Waals surface area (Å²) in [7, 11) is 0. The number of benzene rings is 2. The summed E-state index contributed by atoms with van der Waals surface area (Å²) in [5.74, 6) is -0.527. The van der Waals surface area contributed by atoms with E-state index in [4.69, 9.17) is 9.47 Å². The maximum absolute atomic E-state index is 11.9. The highest BCUT2D eigenvalue weighted by molar-refractivity contribution is 9.11. The average molecular weight is 447 g/mol. The zero-order chi connectivity index (χ0) is 19.1. The maximum Gasteiger partial charge on any atom is 0.344 e. The third-order valence-corrected chi connectivity index (χ3v) is 4.80. The van der Waals surface area contributed by atoms with Gasteiger partial charge in [-0.05, 0) is 27.6 Å². The highest BCUT2D eigenvalue weighted by Crippen LogP contribution is 2.29. The van der Waals surface area contributed by atoms with E-state index in [0.717, 1.165) is 14.9 Å². The van der Waals surface area contributed by atoms with Crippen LogP contribution >= 0.6 is 27.3 Å². The third kappa shape index (κ3) is 5.63. The summed E-state index contributed by atoms with van der Waals surface area (Å²) >= 11 is 4.52.